The molecule has 0 radical (unpaired) electrons. The van der Waals surface area contributed by atoms with Crippen LogP contribution in [0.15, 0.2) is 0 Å². The van der Waals surface area contributed by atoms with Crippen molar-refractivity contribution in [2.24, 2.45) is 0 Å². The fourth-order valence-electron chi connectivity index (χ4n) is 1.26. The third kappa shape index (κ3) is 4.67. The van der Waals surface area contributed by atoms with Crippen LogP contribution in [0, 0.1) is 0 Å². The first kappa shape index (κ1) is 13.7. The van der Waals surface area contributed by atoms with Gasteiger partial charge in [-0.2, -0.15) is 0 Å². The Hall–Kier alpha value is -1.26. The van der Waals surface area contributed by atoms with Gasteiger partial charge in [-0.3, -0.25) is 0 Å². The average molecular weight is 216 g/mol. The van der Waals surface area contributed by atoms with E-state index in [4.69, 9.17) is 5.11 Å². The predicted molar refractivity (Wildman–Crippen MR) is 57.8 cm³/mol. The van der Waals surface area contributed by atoms with Crippen LogP contribution < -0.4 is 10.6 Å². The van der Waals surface area contributed by atoms with Gasteiger partial charge in [-0.25, -0.2) is 9.59 Å². The molecule has 0 saturated carbocycles. The van der Waals surface area contributed by atoms with Gasteiger partial charge in [-0.1, -0.05) is 20.3 Å². The van der Waals surface area contributed by atoms with Gasteiger partial charge in [0.05, 0.1) is 0 Å². The molecule has 0 fully saturated rings. The Labute approximate surface area is 90.2 Å². The molecule has 1 atom stereocenters. The Morgan fingerprint density at radius 2 is 1.87 bits per heavy atom. The van der Waals surface area contributed by atoms with Crippen molar-refractivity contribution >= 4 is 12.0 Å². The molecule has 0 aliphatic carbocycles. The van der Waals surface area contributed by atoms with Crippen LogP contribution in [0.25, 0.3) is 0 Å². The largest absolute Gasteiger partial charge is 0.480 e. The second kappa shape index (κ2) is 6.27. The van der Waals surface area contributed by atoms with E-state index in [0.29, 0.717) is 19.4 Å². The van der Waals surface area contributed by atoms with Crippen LogP contribution in [0.2, 0.25) is 0 Å². The van der Waals surface area contributed by atoms with Crippen LogP contribution >= 0.6 is 0 Å². The van der Waals surface area contributed by atoms with E-state index in [1.807, 2.05) is 13.8 Å². The quantitative estimate of drug-likeness (QED) is 0.627. The predicted octanol–water partition coefficient (Wildman–Crippen LogP) is 1.34. The van der Waals surface area contributed by atoms with Crippen LogP contribution in [0.5, 0.6) is 0 Å². The molecule has 0 aromatic carbocycles. The normalized spacial score (nSPS) is 14.1. The molecule has 0 rings (SSSR count). The number of nitrogens with one attached hydrogen (secondary N) is 2. The number of hydrogen-bond acceptors (Lipinski definition) is 2. The maximum atomic E-state index is 11.3. The molecule has 3 N–H and O–H groups in total. The van der Waals surface area contributed by atoms with Crippen LogP contribution in [0.4, 0.5) is 4.79 Å². The first-order valence-corrected chi connectivity index (χ1v) is 5.25. The number of urea groups is 1. The highest BCUT2D eigenvalue weighted by Crippen LogP contribution is 2.12. The van der Waals surface area contributed by atoms with Gasteiger partial charge in [0, 0.05) is 6.54 Å². The molecule has 0 aromatic heterocycles. The molecule has 0 aliphatic rings. The highest BCUT2D eigenvalue weighted by Gasteiger charge is 2.33. The molecule has 1 unspecified atom stereocenters. The zero-order valence-corrected chi connectivity index (χ0v) is 9.59. The van der Waals surface area contributed by atoms with Crippen molar-refractivity contribution in [1.82, 2.24) is 10.6 Å². The van der Waals surface area contributed by atoms with Crippen LogP contribution in [0.1, 0.15) is 40.0 Å². The fraction of sp³-hybridized carbons (Fsp3) is 0.800. The minimum absolute atomic E-state index is 0.419. The van der Waals surface area contributed by atoms with Crippen molar-refractivity contribution in [3.05, 3.63) is 0 Å². The lowest BCUT2D eigenvalue weighted by molar-refractivity contribution is -0.144. The number of carboxylic acids is 1. The van der Waals surface area contributed by atoms with Gasteiger partial charge in [0.25, 0.3) is 0 Å². The van der Waals surface area contributed by atoms with E-state index in [0.717, 1.165) is 6.42 Å². The molecule has 0 aliphatic heterocycles. The van der Waals surface area contributed by atoms with E-state index >= 15 is 0 Å². The van der Waals surface area contributed by atoms with Crippen molar-refractivity contribution in [1.29, 1.82) is 0 Å². The number of amides is 2. The Kier molecular flexibility index (Phi) is 5.74. The second-order valence-electron chi connectivity index (χ2n) is 3.77. The first-order chi connectivity index (χ1) is 6.96. The van der Waals surface area contributed by atoms with Gasteiger partial charge >= 0.3 is 12.0 Å². The molecule has 5 heteroatoms. The molecule has 88 valence electrons. The number of hydrogen-bond donors (Lipinski definition) is 3. The SMILES string of the molecule is CCCNC(=O)NC(C)(CCC)C(=O)O. The van der Waals surface area contributed by atoms with Crippen molar-refractivity contribution in [3.63, 3.8) is 0 Å². The summed E-state index contributed by atoms with van der Waals surface area (Å²) in [6.45, 7) is 5.88. The van der Waals surface area contributed by atoms with E-state index in [1.54, 1.807) is 0 Å². The maximum Gasteiger partial charge on any atom is 0.329 e. The van der Waals surface area contributed by atoms with E-state index in [1.165, 1.54) is 6.92 Å². The van der Waals surface area contributed by atoms with Crippen molar-refractivity contribution in [3.8, 4) is 0 Å². The Balaban J connectivity index is 4.28. The van der Waals surface area contributed by atoms with Crippen molar-refractivity contribution < 1.29 is 14.7 Å². The molecule has 15 heavy (non-hydrogen) atoms. The van der Waals surface area contributed by atoms with Gasteiger partial charge in [-0.15, -0.1) is 0 Å². The minimum atomic E-state index is -1.17. The highest BCUT2D eigenvalue weighted by atomic mass is 16.4. The summed E-state index contributed by atoms with van der Waals surface area (Å²) >= 11 is 0. The molecular formula is C10H20N2O3. The zero-order valence-electron chi connectivity index (χ0n) is 9.59. The summed E-state index contributed by atoms with van der Waals surface area (Å²) in [6, 6.07) is -0.421. The van der Waals surface area contributed by atoms with Gasteiger partial charge < -0.3 is 15.7 Å². The fourth-order valence-corrected chi connectivity index (χ4v) is 1.26. The van der Waals surface area contributed by atoms with Gasteiger partial charge in [0.15, 0.2) is 0 Å². The molecular weight excluding hydrogens is 196 g/mol. The second-order valence-corrected chi connectivity index (χ2v) is 3.77. The summed E-state index contributed by atoms with van der Waals surface area (Å²) in [5.74, 6) is -1.00. The topological polar surface area (TPSA) is 78.4 Å². The maximum absolute atomic E-state index is 11.3. The van der Waals surface area contributed by atoms with E-state index in [-0.39, 0.29) is 0 Å². The van der Waals surface area contributed by atoms with Gasteiger partial charge in [0.2, 0.25) is 0 Å². The summed E-state index contributed by atoms with van der Waals surface area (Å²) < 4.78 is 0. The molecule has 5 nitrogen and oxygen atoms in total. The summed E-state index contributed by atoms with van der Waals surface area (Å²) in [5, 5.41) is 14.1. The zero-order chi connectivity index (χ0) is 11.9. The van der Waals surface area contributed by atoms with Crippen LogP contribution in [0.3, 0.4) is 0 Å². The Bertz CT molecular complexity index is 231. The van der Waals surface area contributed by atoms with E-state index in [2.05, 4.69) is 10.6 Å². The molecule has 0 aromatic rings. The number of carbonyl (C=O) groups is 2. The van der Waals surface area contributed by atoms with Gasteiger partial charge in [0.1, 0.15) is 5.54 Å². The highest BCUT2D eigenvalue weighted by molar-refractivity contribution is 5.85. The van der Waals surface area contributed by atoms with Crippen LogP contribution in [-0.2, 0) is 4.79 Å². The molecule has 0 spiro atoms. The van der Waals surface area contributed by atoms with Gasteiger partial charge in [-0.05, 0) is 19.8 Å². The monoisotopic (exact) mass is 216 g/mol. The molecule has 2 amide bonds. The first-order valence-electron chi connectivity index (χ1n) is 5.25. The number of rotatable bonds is 6. The lowest BCUT2D eigenvalue weighted by atomic mass is 9.97. The Morgan fingerprint density at radius 1 is 1.27 bits per heavy atom. The van der Waals surface area contributed by atoms with E-state index in [9.17, 15) is 9.59 Å². The summed E-state index contributed by atoms with van der Waals surface area (Å²) in [7, 11) is 0. The minimum Gasteiger partial charge on any atom is -0.480 e. The van der Waals surface area contributed by atoms with Crippen LogP contribution in [-0.4, -0.2) is 29.2 Å². The third-order valence-electron chi connectivity index (χ3n) is 2.15. The van der Waals surface area contributed by atoms with Crippen molar-refractivity contribution in [2.75, 3.05) is 6.54 Å². The van der Waals surface area contributed by atoms with E-state index < -0.39 is 17.5 Å². The number of carbonyl (C=O) groups excluding carboxylic acids is 1. The molecule has 0 bridgehead atoms. The molecule has 0 saturated heterocycles. The molecule has 0 heterocycles. The smallest absolute Gasteiger partial charge is 0.329 e. The standard InChI is InChI=1S/C10H20N2O3/c1-4-6-10(3,8(13)14)12-9(15)11-7-5-2/h4-7H2,1-3H3,(H,13,14)(H2,11,12,15). The summed E-state index contributed by atoms with van der Waals surface area (Å²) in [4.78, 5) is 22.3. The summed E-state index contributed by atoms with van der Waals surface area (Å²) in [6.07, 6.45) is 1.95. The number of carboxylic acid groups (broad SMARTS) is 1. The lowest BCUT2D eigenvalue weighted by Crippen LogP contribution is -2.55. The third-order valence-corrected chi connectivity index (χ3v) is 2.15. The lowest BCUT2D eigenvalue weighted by Gasteiger charge is -2.25. The summed E-state index contributed by atoms with van der Waals surface area (Å²) in [5.41, 5.74) is -1.17. The Morgan fingerprint density at radius 3 is 2.27 bits per heavy atom. The van der Waals surface area contributed by atoms with Crippen molar-refractivity contribution in [2.45, 2.75) is 45.6 Å². The average Bonchev–Trinajstić information content (AvgIpc) is 2.14. The number of aliphatic carboxylic acids is 1.